The smallest absolute Gasteiger partial charge is 0.323 e. The van der Waals surface area contributed by atoms with Gasteiger partial charge in [-0.15, -0.1) is 0 Å². The minimum atomic E-state index is -4.98. The van der Waals surface area contributed by atoms with Crippen molar-refractivity contribution in [3.8, 4) is 0 Å². The third kappa shape index (κ3) is 6.84. The molecule has 0 spiro atoms. The number of piperidine rings is 1. The maximum atomic E-state index is 13.9. The Bertz CT molecular complexity index is 1150. The predicted molar refractivity (Wildman–Crippen MR) is 131 cm³/mol. The van der Waals surface area contributed by atoms with Crippen LogP contribution in [0.5, 0.6) is 0 Å². The van der Waals surface area contributed by atoms with E-state index in [1.165, 1.54) is 19.2 Å². The number of rotatable bonds is 4. The van der Waals surface area contributed by atoms with Gasteiger partial charge in [0, 0.05) is 52.4 Å². The monoisotopic (exact) mass is 560 g/mol. The second-order valence-electron chi connectivity index (χ2n) is 10.2. The van der Waals surface area contributed by atoms with Crippen LogP contribution >= 0.6 is 0 Å². The van der Waals surface area contributed by atoms with Gasteiger partial charge in [-0.1, -0.05) is 6.07 Å². The number of likely N-dealkylation sites (tertiary alicyclic amines) is 1. The zero-order valence-electron chi connectivity index (χ0n) is 21.7. The van der Waals surface area contributed by atoms with Crippen LogP contribution < -0.4 is 5.32 Å². The number of halogens is 7. The molecule has 2 amide bonds. The highest BCUT2D eigenvalue weighted by Gasteiger charge is 2.39. The van der Waals surface area contributed by atoms with E-state index in [9.17, 15) is 35.5 Å². The van der Waals surface area contributed by atoms with Crippen LogP contribution in [-0.4, -0.2) is 66.5 Å². The zero-order valence-corrected chi connectivity index (χ0v) is 21.7. The topological polar surface area (TPSA) is 38.8 Å². The summed E-state index contributed by atoms with van der Waals surface area (Å²) in [5.41, 5.74) is -1.71. The van der Waals surface area contributed by atoms with E-state index in [0.717, 1.165) is 36.6 Å². The molecule has 214 valence electrons. The SMILES string of the molecule is Cc1cc(F)ccc1[C@H]1C[C@@H](N2CCNCC2)CCN1C(=O)N(C)Cc1cc(C(F)(F)F)cc(C(F)(F)F)c1. The summed E-state index contributed by atoms with van der Waals surface area (Å²) in [4.78, 5) is 18.7. The molecule has 1 N–H and O–H groups in total. The molecule has 2 heterocycles. The molecular formula is C27H31F7N4O. The third-order valence-corrected chi connectivity index (χ3v) is 7.47. The number of benzene rings is 2. The van der Waals surface area contributed by atoms with Crippen molar-refractivity contribution in [2.75, 3.05) is 39.8 Å². The lowest BCUT2D eigenvalue weighted by Gasteiger charge is -2.46. The van der Waals surface area contributed by atoms with Crippen molar-refractivity contribution < 1.29 is 35.5 Å². The fraction of sp³-hybridized carbons (Fsp3) is 0.519. The molecule has 0 saturated carbocycles. The lowest BCUT2D eigenvalue weighted by Crippen LogP contribution is -2.54. The van der Waals surface area contributed by atoms with Crippen molar-refractivity contribution in [3.05, 3.63) is 70.0 Å². The molecule has 2 fully saturated rings. The largest absolute Gasteiger partial charge is 0.416 e. The van der Waals surface area contributed by atoms with E-state index in [2.05, 4.69) is 10.2 Å². The second kappa shape index (κ2) is 11.3. The molecule has 4 rings (SSSR count). The van der Waals surface area contributed by atoms with Crippen LogP contribution in [0.3, 0.4) is 0 Å². The number of carbonyl (C=O) groups is 1. The number of piperazine rings is 1. The van der Waals surface area contributed by atoms with Crippen LogP contribution in [0, 0.1) is 12.7 Å². The average molecular weight is 561 g/mol. The first-order valence-electron chi connectivity index (χ1n) is 12.7. The van der Waals surface area contributed by atoms with Gasteiger partial charge in [-0.05, 0) is 66.8 Å². The minimum Gasteiger partial charge on any atom is -0.323 e. The molecule has 0 unspecified atom stereocenters. The molecule has 0 aliphatic carbocycles. The number of aryl methyl sites for hydroxylation is 1. The Hall–Kier alpha value is -2.86. The quantitative estimate of drug-likeness (QED) is 0.478. The van der Waals surface area contributed by atoms with Crippen molar-refractivity contribution in [2.45, 2.75) is 50.7 Å². The molecule has 0 bridgehead atoms. The summed E-state index contributed by atoms with van der Waals surface area (Å²) in [7, 11) is 1.35. The van der Waals surface area contributed by atoms with Gasteiger partial charge in [0.2, 0.25) is 0 Å². The maximum Gasteiger partial charge on any atom is 0.416 e. The minimum absolute atomic E-state index is 0.0690. The number of amides is 2. The van der Waals surface area contributed by atoms with E-state index in [1.54, 1.807) is 17.9 Å². The molecule has 0 aromatic heterocycles. The van der Waals surface area contributed by atoms with Crippen molar-refractivity contribution in [1.82, 2.24) is 20.0 Å². The van der Waals surface area contributed by atoms with Gasteiger partial charge >= 0.3 is 18.4 Å². The first kappa shape index (κ1) is 29.1. The first-order valence-corrected chi connectivity index (χ1v) is 12.7. The van der Waals surface area contributed by atoms with Gasteiger partial charge in [-0.3, -0.25) is 4.90 Å². The van der Waals surface area contributed by atoms with Gasteiger partial charge in [0.1, 0.15) is 5.82 Å². The Morgan fingerprint density at radius 3 is 2.15 bits per heavy atom. The first-order chi connectivity index (χ1) is 18.2. The van der Waals surface area contributed by atoms with Crippen molar-refractivity contribution in [1.29, 1.82) is 0 Å². The Kier molecular flexibility index (Phi) is 8.46. The van der Waals surface area contributed by atoms with Crippen LogP contribution in [0.1, 0.15) is 46.7 Å². The van der Waals surface area contributed by atoms with E-state index in [4.69, 9.17) is 0 Å². The lowest BCUT2D eigenvalue weighted by atomic mass is 9.88. The predicted octanol–water partition coefficient (Wildman–Crippen LogP) is 5.83. The van der Waals surface area contributed by atoms with Crippen molar-refractivity contribution in [3.63, 3.8) is 0 Å². The molecular weight excluding hydrogens is 529 g/mol. The highest BCUT2D eigenvalue weighted by molar-refractivity contribution is 5.75. The summed E-state index contributed by atoms with van der Waals surface area (Å²) in [6.07, 6.45) is -8.71. The maximum absolute atomic E-state index is 13.9. The van der Waals surface area contributed by atoms with E-state index >= 15 is 0 Å². The Morgan fingerprint density at radius 1 is 0.974 bits per heavy atom. The number of urea groups is 1. The van der Waals surface area contributed by atoms with Gasteiger partial charge < -0.3 is 15.1 Å². The number of nitrogens with one attached hydrogen (secondary N) is 1. The zero-order chi connectivity index (χ0) is 28.5. The van der Waals surface area contributed by atoms with E-state index < -0.39 is 47.9 Å². The van der Waals surface area contributed by atoms with Gasteiger partial charge in [0.25, 0.3) is 0 Å². The number of carbonyl (C=O) groups excluding carboxylic acids is 1. The molecule has 0 radical (unpaired) electrons. The van der Waals surface area contributed by atoms with Crippen LogP contribution in [-0.2, 0) is 18.9 Å². The standard InChI is InChI=1S/C27H31F7N4O/c1-17-11-21(28)3-4-23(17)24-15-22(37-9-6-35-7-10-37)5-8-38(24)25(39)36(2)16-18-12-19(26(29,30)31)14-20(13-18)27(32,33)34/h3-4,11-14,22,24,35H,5-10,15-16H2,1-2H3/t22-,24+/m0/s1. The molecule has 12 heteroatoms. The summed E-state index contributed by atoms with van der Waals surface area (Å²) < 4.78 is 93.8. The molecule has 39 heavy (non-hydrogen) atoms. The highest BCUT2D eigenvalue weighted by atomic mass is 19.4. The number of alkyl halides is 6. The highest BCUT2D eigenvalue weighted by Crippen LogP contribution is 2.38. The summed E-state index contributed by atoms with van der Waals surface area (Å²) in [5, 5.41) is 3.31. The molecule has 2 aliphatic heterocycles. The summed E-state index contributed by atoms with van der Waals surface area (Å²) in [6, 6.07) is 4.91. The second-order valence-corrected chi connectivity index (χ2v) is 10.2. The fourth-order valence-corrected chi connectivity index (χ4v) is 5.53. The van der Waals surface area contributed by atoms with Gasteiger partial charge in [-0.25, -0.2) is 9.18 Å². The van der Waals surface area contributed by atoms with Gasteiger partial charge in [0.15, 0.2) is 0 Å². The molecule has 2 saturated heterocycles. The number of hydrogen-bond acceptors (Lipinski definition) is 3. The van der Waals surface area contributed by atoms with E-state index in [0.29, 0.717) is 37.1 Å². The van der Waals surface area contributed by atoms with Crippen molar-refractivity contribution >= 4 is 6.03 Å². The Balaban J connectivity index is 1.60. The molecule has 2 aliphatic rings. The summed E-state index contributed by atoms with van der Waals surface area (Å²) >= 11 is 0. The average Bonchev–Trinajstić information content (AvgIpc) is 2.87. The molecule has 2 aromatic carbocycles. The van der Waals surface area contributed by atoms with Crippen molar-refractivity contribution in [2.24, 2.45) is 0 Å². The Morgan fingerprint density at radius 2 is 1.59 bits per heavy atom. The van der Waals surface area contributed by atoms with E-state index in [-0.39, 0.29) is 17.7 Å². The van der Waals surface area contributed by atoms with Crippen LogP contribution in [0.15, 0.2) is 36.4 Å². The van der Waals surface area contributed by atoms with Crippen LogP contribution in [0.2, 0.25) is 0 Å². The van der Waals surface area contributed by atoms with Crippen LogP contribution in [0.25, 0.3) is 0 Å². The lowest BCUT2D eigenvalue weighted by molar-refractivity contribution is -0.143. The molecule has 2 atom stereocenters. The Labute approximate surface area is 222 Å². The van der Waals surface area contributed by atoms with E-state index in [1.807, 2.05) is 0 Å². The van der Waals surface area contributed by atoms with Gasteiger partial charge in [0.05, 0.1) is 17.2 Å². The third-order valence-electron chi connectivity index (χ3n) is 7.47. The summed E-state index contributed by atoms with van der Waals surface area (Å²) in [5.74, 6) is -0.411. The normalized spacial score (nSPS) is 21.2. The van der Waals surface area contributed by atoms with Gasteiger partial charge in [-0.2, -0.15) is 26.3 Å². The molecule has 2 aromatic rings. The summed E-state index contributed by atoms with van der Waals surface area (Å²) in [6.45, 7) is 5.04. The van der Waals surface area contributed by atoms with Crippen LogP contribution in [0.4, 0.5) is 35.5 Å². The number of nitrogens with zero attached hydrogens (tertiary/aromatic N) is 3. The number of hydrogen-bond donors (Lipinski definition) is 1. The molecule has 5 nitrogen and oxygen atoms in total. The fourth-order valence-electron chi connectivity index (χ4n) is 5.53.